The highest BCUT2D eigenvalue weighted by molar-refractivity contribution is 6.04. The second kappa shape index (κ2) is 3.61. The number of fused-ring (bicyclic) bond motifs is 1. The largest absolute Gasteiger partial charge is 0.507 e. The smallest absolute Gasteiger partial charge is 0.150 e. The molecule has 0 saturated heterocycles. The van der Waals surface area contributed by atoms with Gasteiger partial charge in [-0.2, -0.15) is 0 Å². The molecule has 0 saturated carbocycles. The Hall–Kier alpha value is -2.03. The van der Waals surface area contributed by atoms with Crippen LogP contribution in [0.2, 0.25) is 0 Å². The number of aromatic hydroxyl groups is 1. The molecule has 0 heterocycles. The van der Waals surface area contributed by atoms with E-state index in [-0.39, 0.29) is 5.75 Å². The van der Waals surface area contributed by atoms with Gasteiger partial charge in [0.1, 0.15) is 11.5 Å². The zero-order valence-electron chi connectivity index (χ0n) is 8.23. The van der Waals surface area contributed by atoms with Crippen LogP contribution in [0.15, 0.2) is 30.3 Å². The SMILES string of the molecule is COc1cccc2c(O)ccc(C=O)c12. The molecule has 0 radical (unpaired) electrons. The molecule has 15 heavy (non-hydrogen) atoms. The molecule has 0 bridgehead atoms. The van der Waals surface area contributed by atoms with Gasteiger partial charge in [0, 0.05) is 16.3 Å². The van der Waals surface area contributed by atoms with Crippen molar-refractivity contribution >= 4 is 17.1 Å². The van der Waals surface area contributed by atoms with Gasteiger partial charge in [0.15, 0.2) is 6.29 Å². The molecule has 3 nitrogen and oxygen atoms in total. The number of rotatable bonds is 2. The summed E-state index contributed by atoms with van der Waals surface area (Å²) in [4.78, 5) is 10.9. The highest BCUT2D eigenvalue weighted by atomic mass is 16.5. The van der Waals surface area contributed by atoms with Crippen molar-refractivity contribution in [2.45, 2.75) is 0 Å². The van der Waals surface area contributed by atoms with E-state index in [1.165, 1.54) is 13.2 Å². The van der Waals surface area contributed by atoms with Crippen molar-refractivity contribution in [1.29, 1.82) is 0 Å². The van der Waals surface area contributed by atoms with Crippen LogP contribution in [0.4, 0.5) is 0 Å². The number of phenols is 1. The van der Waals surface area contributed by atoms with Crippen molar-refractivity contribution < 1.29 is 14.6 Å². The molecule has 0 amide bonds. The number of ether oxygens (including phenoxy) is 1. The molecule has 1 N–H and O–H groups in total. The zero-order valence-corrected chi connectivity index (χ0v) is 8.23. The summed E-state index contributed by atoms with van der Waals surface area (Å²) in [5.41, 5.74) is 0.514. The Kier molecular flexibility index (Phi) is 2.29. The van der Waals surface area contributed by atoms with Crippen LogP contribution >= 0.6 is 0 Å². The van der Waals surface area contributed by atoms with Gasteiger partial charge >= 0.3 is 0 Å². The molecule has 2 aromatic carbocycles. The summed E-state index contributed by atoms with van der Waals surface area (Å²) in [5, 5.41) is 10.9. The summed E-state index contributed by atoms with van der Waals surface area (Å²) in [5.74, 6) is 0.736. The summed E-state index contributed by atoms with van der Waals surface area (Å²) in [6, 6.07) is 8.36. The van der Waals surface area contributed by atoms with E-state index in [2.05, 4.69) is 0 Å². The molecular formula is C12H10O3. The number of benzene rings is 2. The summed E-state index contributed by atoms with van der Waals surface area (Å²) in [6.07, 6.45) is 0.754. The molecule has 0 spiro atoms. The maximum absolute atomic E-state index is 10.9. The van der Waals surface area contributed by atoms with Crippen LogP contribution in [-0.2, 0) is 0 Å². The Morgan fingerprint density at radius 3 is 2.73 bits per heavy atom. The average molecular weight is 202 g/mol. The van der Waals surface area contributed by atoms with Crippen molar-refractivity contribution in [3.8, 4) is 11.5 Å². The first-order valence-electron chi connectivity index (χ1n) is 4.52. The van der Waals surface area contributed by atoms with Crippen molar-refractivity contribution in [3.63, 3.8) is 0 Å². The molecule has 0 unspecified atom stereocenters. The maximum Gasteiger partial charge on any atom is 0.150 e. The Morgan fingerprint density at radius 1 is 1.27 bits per heavy atom. The first-order chi connectivity index (χ1) is 7.27. The van der Waals surface area contributed by atoms with Gasteiger partial charge in [0.2, 0.25) is 0 Å². The summed E-state index contributed by atoms with van der Waals surface area (Å²) in [6.45, 7) is 0. The van der Waals surface area contributed by atoms with Gasteiger partial charge in [-0.05, 0) is 18.2 Å². The average Bonchev–Trinajstić information content (AvgIpc) is 2.29. The number of carbonyl (C=O) groups is 1. The Bertz CT molecular complexity index is 518. The minimum Gasteiger partial charge on any atom is -0.507 e. The lowest BCUT2D eigenvalue weighted by Gasteiger charge is -2.08. The monoisotopic (exact) mass is 202 g/mol. The maximum atomic E-state index is 10.9. The van der Waals surface area contributed by atoms with E-state index >= 15 is 0 Å². The lowest BCUT2D eigenvalue weighted by Crippen LogP contribution is -1.89. The standard InChI is InChI=1S/C12H10O3/c1-15-11-4-2-3-9-10(14)6-5-8(7-13)12(9)11/h2-7,14H,1H3. The molecule has 0 fully saturated rings. The van der Waals surface area contributed by atoms with Gasteiger partial charge < -0.3 is 9.84 Å². The fourth-order valence-corrected chi connectivity index (χ4v) is 1.65. The van der Waals surface area contributed by atoms with Gasteiger partial charge in [0.05, 0.1) is 7.11 Å². The number of methoxy groups -OCH3 is 1. The van der Waals surface area contributed by atoms with E-state index in [0.717, 1.165) is 6.29 Å². The highest BCUT2D eigenvalue weighted by Gasteiger charge is 2.09. The second-order valence-electron chi connectivity index (χ2n) is 3.17. The van der Waals surface area contributed by atoms with E-state index in [0.29, 0.717) is 22.1 Å². The number of hydrogen-bond acceptors (Lipinski definition) is 3. The first kappa shape index (κ1) is 9.52. The minimum absolute atomic E-state index is 0.148. The Balaban J connectivity index is 2.94. The van der Waals surface area contributed by atoms with E-state index in [4.69, 9.17) is 4.74 Å². The number of hydrogen-bond donors (Lipinski definition) is 1. The van der Waals surface area contributed by atoms with E-state index in [1.54, 1.807) is 24.3 Å². The Labute approximate surface area is 86.9 Å². The van der Waals surface area contributed by atoms with Gasteiger partial charge in [-0.25, -0.2) is 0 Å². The number of carbonyl (C=O) groups excluding carboxylic acids is 1. The van der Waals surface area contributed by atoms with E-state index in [9.17, 15) is 9.90 Å². The third kappa shape index (κ3) is 1.42. The van der Waals surface area contributed by atoms with Gasteiger partial charge in [0.25, 0.3) is 0 Å². The molecule has 2 rings (SSSR count). The normalized spacial score (nSPS) is 10.2. The summed E-state index contributed by atoms with van der Waals surface area (Å²) < 4.78 is 5.15. The van der Waals surface area contributed by atoms with E-state index in [1.807, 2.05) is 0 Å². The van der Waals surface area contributed by atoms with Crippen LogP contribution in [0.25, 0.3) is 10.8 Å². The number of aldehydes is 1. The van der Waals surface area contributed by atoms with Gasteiger partial charge in [-0.3, -0.25) is 4.79 Å². The topological polar surface area (TPSA) is 46.5 Å². The molecule has 0 atom stereocenters. The fourth-order valence-electron chi connectivity index (χ4n) is 1.65. The minimum atomic E-state index is 0.148. The van der Waals surface area contributed by atoms with Crippen LogP contribution in [0, 0.1) is 0 Å². The van der Waals surface area contributed by atoms with Gasteiger partial charge in [-0.15, -0.1) is 0 Å². The fraction of sp³-hybridized carbons (Fsp3) is 0.0833. The molecular weight excluding hydrogens is 192 g/mol. The predicted molar refractivity (Wildman–Crippen MR) is 57.6 cm³/mol. The summed E-state index contributed by atoms with van der Waals surface area (Å²) in [7, 11) is 1.54. The highest BCUT2D eigenvalue weighted by Crippen LogP contribution is 2.33. The first-order valence-corrected chi connectivity index (χ1v) is 4.52. The van der Waals surface area contributed by atoms with Crippen molar-refractivity contribution in [2.75, 3.05) is 7.11 Å². The summed E-state index contributed by atoms with van der Waals surface area (Å²) >= 11 is 0. The van der Waals surface area contributed by atoms with Crippen molar-refractivity contribution in [1.82, 2.24) is 0 Å². The molecule has 0 aliphatic rings. The predicted octanol–water partition coefficient (Wildman–Crippen LogP) is 2.37. The molecule has 2 aromatic rings. The lowest BCUT2D eigenvalue weighted by molar-refractivity contribution is 0.112. The Morgan fingerprint density at radius 2 is 2.07 bits per heavy atom. The van der Waals surface area contributed by atoms with Crippen molar-refractivity contribution in [3.05, 3.63) is 35.9 Å². The lowest BCUT2D eigenvalue weighted by atomic mass is 10.0. The molecule has 0 aromatic heterocycles. The van der Waals surface area contributed by atoms with E-state index < -0.39 is 0 Å². The number of phenolic OH excluding ortho intramolecular Hbond substituents is 1. The molecule has 0 aliphatic heterocycles. The third-order valence-electron chi connectivity index (χ3n) is 2.36. The van der Waals surface area contributed by atoms with Crippen LogP contribution in [0.5, 0.6) is 11.5 Å². The van der Waals surface area contributed by atoms with Crippen LogP contribution in [-0.4, -0.2) is 18.5 Å². The van der Waals surface area contributed by atoms with Gasteiger partial charge in [-0.1, -0.05) is 12.1 Å². The zero-order chi connectivity index (χ0) is 10.8. The molecule has 3 heteroatoms. The molecule has 0 aliphatic carbocycles. The molecule has 76 valence electrons. The van der Waals surface area contributed by atoms with Crippen LogP contribution < -0.4 is 4.74 Å². The quantitative estimate of drug-likeness (QED) is 0.760. The van der Waals surface area contributed by atoms with Crippen molar-refractivity contribution in [2.24, 2.45) is 0 Å². The van der Waals surface area contributed by atoms with Crippen LogP contribution in [0.1, 0.15) is 10.4 Å². The third-order valence-corrected chi connectivity index (χ3v) is 2.36. The second-order valence-corrected chi connectivity index (χ2v) is 3.17. The van der Waals surface area contributed by atoms with Crippen LogP contribution in [0.3, 0.4) is 0 Å².